The van der Waals surface area contributed by atoms with Gasteiger partial charge >= 0.3 is 0 Å². The van der Waals surface area contributed by atoms with Crippen LogP contribution in [0.3, 0.4) is 0 Å². The van der Waals surface area contributed by atoms with Crippen LogP contribution in [0.1, 0.15) is 30.9 Å². The molecule has 3 nitrogen and oxygen atoms in total. The van der Waals surface area contributed by atoms with Crippen molar-refractivity contribution in [2.45, 2.75) is 32.3 Å². The molecule has 1 heterocycles. The molecule has 0 fully saturated rings. The summed E-state index contributed by atoms with van der Waals surface area (Å²) in [6.07, 6.45) is 0.561. The van der Waals surface area contributed by atoms with Crippen LogP contribution in [0, 0.1) is 0 Å². The number of aliphatic hydroxyl groups excluding tert-OH is 1. The molecule has 130 valence electrons. The number of β-amino-alcohol motifs (C(OH)–C–C–N with tert-alkyl or cyclic N) is 1. The van der Waals surface area contributed by atoms with Crippen molar-refractivity contribution in [2.24, 2.45) is 0 Å². The van der Waals surface area contributed by atoms with Crippen molar-refractivity contribution in [2.75, 3.05) is 24.6 Å². The van der Waals surface area contributed by atoms with Crippen LogP contribution < -0.4 is 9.64 Å². The van der Waals surface area contributed by atoms with Gasteiger partial charge in [-0.3, -0.25) is 0 Å². The van der Waals surface area contributed by atoms with E-state index in [0.29, 0.717) is 19.1 Å². The Morgan fingerprint density at radius 2 is 1.79 bits per heavy atom. The number of nitrogens with zero attached hydrogens (tertiary/aromatic N) is 1. The largest absolute Gasteiger partial charge is 0.491 e. The van der Waals surface area contributed by atoms with Crippen LogP contribution in [-0.4, -0.2) is 30.9 Å². The van der Waals surface area contributed by atoms with Gasteiger partial charge in [0.1, 0.15) is 18.5 Å². The van der Waals surface area contributed by atoms with Gasteiger partial charge in [0.05, 0.1) is 0 Å². The lowest BCUT2D eigenvalue weighted by atomic mass is 10.0. The Hall–Kier alpha value is -1.71. The van der Waals surface area contributed by atoms with Gasteiger partial charge in [0.2, 0.25) is 0 Å². The van der Waals surface area contributed by atoms with Crippen LogP contribution >= 0.6 is 12.4 Å². The molecular weight excluding hydrogens is 322 g/mol. The number of benzene rings is 2. The second kappa shape index (κ2) is 8.41. The molecule has 0 saturated heterocycles. The number of para-hydroxylation sites is 1. The average molecular weight is 348 g/mol. The minimum absolute atomic E-state index is 0. The summed E-state index contributed by atoms with van der Waals surface area (Å²) in [5.41, 5.74) is 3.91. The molecule has 2 aromatic rings. The Morgan fingerprint density at radius 1 is 1.08 bits per heavy atom. The molecule has 1 aliphatic heterocycles. The highest BCUT2D eigenvalue weighted by atomic mass is 35.5. The molecule has 0 saturated carbocycles. The number of halogens is 1. The Bertz CT molecular complexity index is 642. The highest BCUT2D eigenvalue weighted by molar-refractivity contribution is 5.85. The van der Waals surface area contributed by atoms with E-state index in [9.17, 15) is 5.11 Å². The normalized spacial score (nSPS) is 14.2. The van der Waals surface area contributed by atoms with Crippen molar-refractivity contribution >= 4 is 18.1 Å². The van der Waals surface area contributed by atoms with E-state index >= 15 is 0 Å². The summed E-state index contributed by atoms with van der Waals surface area (Å²) in [5.74, 6) is 1.33. The lowest BCUT2D eigenvalue weighted by molar-refractivity contribution is 0.112. The van der Waals surface area contributed by atoms with Gasteiger partial charge in [0, 0.05) is 18.8 Å². The summed E-state index contributed by atoms with van der Waals surface area (Å²) in [4.78, 5) is 2.24. The van der Waals surface area contributed by atoms with Crippen molar-refractivity contribution in [1.82, 2.24) is 0 Å². The fraction of sp³-hybridized carbons (Fsp3) is 0.400. The lowest BCUT2D eigenvalue weighted by Crippen LogP contribution is -2.34. The second-order valence-electron chi connectivity index (χ2n) is 6.51. The van der Waals surface area contributed by atoms with E-state index in [-0.39, 0.29) is 12.4 Å². The van der Waals surface area contributed by atoms with E-state index in [0.717, 1.165) is 18.7 Å². The van der Waals surface area contributed by atoms with Crippen molar-refractivity contribution in [3.63, 3.8) is 0 Å². The summed E-state index contributed by atoms with van der Waals surface area (Å²) in [5, 5.41) is 10.3. The predicted molar refractivity (Wildman–Crippen MR) is 102 cm³/mol. The number of hydrogen-bond acceptors (Lipinski definition) is 3. The monoisotopic (exact) mass is 347 g/mol. The van der Waals surface area contributed by atoms with Gasteiger partial charge in [0.25, 0.3) is 0 Å². The van der Waals surface area contributed by atoms with Crippen molar-refractivity contribution in [3.05, 3.63) is 59.7 Å². The Kier molecular flexibility index (Phi) is 6.52. The smallest absolute Gasteiger partial charge is 0.119 e. The van der Waals surface area contributed by atoms with Crippen LogP contribution in [-0.2, 0) is 6.42 Å². The fourth-order valence-electron chi connectivity index (χ4n) is 3.04. The van der Waals surface area contributed by atoms with Gasteiger partial charge in [0.15, 0.2) is 0 Å². The molecule has 1 atom stereocenters. The van der Waals surface area contributed by atoms with Crippen molar-refractivity contribution in [1.29, 1.82) is 0 Å². The van der Waals surface area contributed by atoms with Crippen LogP contribution in [0.2, 0.25) is 0 Å². The van der Waals surface area contributed by atoms with Gasteiger partial charge in [-0.25, -0.2) is 0 Å². The molecule has 0 spiro atoms. The zero-order valence-corrected chi connectivity index (χ0v) is 15.1. The molecular formula is C20H26ClNO2. The second-order valence-corrected chi connectivity index (χ2v) is 6.51. The Balaban J connectivity index is 0.00000208. The molecule has 0 bridgehead atoms. The number of ether oxygens (including phenoxy) is 1. The molecule has 0 radical (unpaired) electrons. The quantitative estimate of drug-likeness (QED) is 0.856. The number of rotatable bonds is 6. The first-order valence-corrected chi connectivity index (χ1v) is 8.37. The van der Waals surface area contributed by atoms with Gasteiger partial charge in [-0.05, 0) is 41.7 Å². The third kappa shape index (κ3) is 4.43. The third-order valence-corrected chi connectivity index (χ3v) is 4.40. The highest BCUT2D eigenvalue weighted by Gasteiger charge is 2.20. The Labute approximate surface area is 150 Å². The van der Waals surface area contributed by atoms with E-state index < -0.39 is 6.10 Å². The first-order valence-electron chi connectivity index (χ1n) is 8.37. The summed E-state index contributed by atoms with van der Waals surface area (Å²) >= 11 is 0. The molecule has 0 aromatic heterocycles. The third-order valence-electron chi connectivity index (χ3n) is 4.40. The maximum atomic E-state index is 10.3. The lowest BCUT2D eigenvalue weighted by Gasteiger charge is -2.23. The van der Waals surface area contributed by atoms with E-state index in [1.54, 1.807) is 0 Å². The predicted octanol–water partition coefficient (Wildman–Crippen LogP) is 4.03. The minimum Gasteiger partial charge on any atom is -0.491 e. The average Bonchev–Trinajstić information content (AvgIpc) is 2.96. The SMILES string of the molecule is CC(C)c1ccc(OCC(O)CN2CCc3ccccc32)cc1.Cl. The van der Waals surface area contributed by atoms with Crippen molar-refractivity contribution < 1.29 is 9.84 Å². The van der Waals surface area contributed by atoms with Crippen molar-refractivity contribution in [3.8, 4) is 5.75 Å². The topological polar surface area (TPSA) is 32.7 Å². The van der Waals surface area contributed by atoms with Crippen LogP contribution in [0.4, 0.5) is 5.69 Å². The van der Waals surface area contributed by atoms with Crippen LogP contribution in [0.25, 0.3) is 0 Å². The molecule has 1 aliphatic rings. The zero-order chi connectivity index (χ0) is 16.2. The maximum Gasteiger partial charge on any atom is 0.119 e. The zero-order valence-electron chi connectivity index (χ0n) is 14.3. The van der Waals surface area contributed by atoms with Gasteiger partial charge in [-0.1, -0.05) is 44.2 Å². The number of anilines is 1. The first kappa shape index (κ1) is 18.6. The van der Waals surface area contributed by atoms with Gasteiger partial charge < -0.3 is 14.7 Å². The Morgan fingerprint density at radius 3 is 2.50 bits per heavy atom. The number of hydrogen-bond donors (Lipinski definition) is 1. The van der Waals surface area contributed by atoms with Crippen LogP contribution in [0.5, 0.6) is 5.75 Å². The van der Waals surface area contributed by atoms with Gasteiger partial charge in [-0.15, -0.1) is 12.4 Å². The van der Waals surface area contributed by atoms with E-state index in [2.05, 4.69) is 55.1 Å². The number of aliphatic hydroxyl groups is 1. The van der Waals surface area contributed by atoms with E-state index in [4.69, 9.17) is 4.74 Å². The minimum atomic E-state index is -0.495. The molecule has 2 aromatic carbocycles. The molecule has 4 heteroatoms. The van der Waals surface area contributed by atoms with E-state index in [1.165, 1.54) is 16.8 Å². The molecule has 1 unspecified atom stereocenters. The molecule has 1 N–H and O–H groups in total. The summed E-state index contributed by atoms with van der Waals surface area (Å²) in [7, 11) is 0. The summed E-state index contributed by atoms with van der Waals surface area (Å²) in [6.45, 7) is 6.25. The number of fused-ring (bicyclic) bond motifs is 1. The standard InChI is InChI=1S/C20H25NO2.ClH/c1-15(2)16-7-9-19(10-8-16)23-14-18(22)13-21-12-11-17-5-3-4-6-20(17)21;/h3-10,15,18,22H,11-14H2,1-2H3;1H. The molecule has 0 aliphatic carbocycles. The summed E-state index contributed by atoms with van der Waals surface area (Å²) in [6, 6.07) is 16.5. The van der Waals surface area contributed by atoms with Crippen LogP contribution in [0.15, 0.2) is 48.5 Å². The molecule has 3 rings (SSSR count). The maximum absolute atomic E-state index is 10.3. The first-order chi connectivity index (χ1) is 11.1. The van der Waals surface area contributed by atoms with Gasteiger partial charge in [-0.2, -0.15) is 0 Å². The highest BCUT2D eigenvalue weighted by Crippen LogP contribution is 2.27. The fourth-order valence-corrected chi connectivity index (χ4v) is 3.04. The molecule has 24 heavy (non-hydrogen) atoms. The van der Waals surface area contributed by atoms with E-state index in [1.807, 2.05) is 12.1 Å². The summed E-state index contributed by atoms with van der Waals surface area (Å²) < 4.78 is 5.72. The molecule has 0 amide bonds.